The van der Waals surface area contributed by atoms with Crippen LogP contribution in [0, 0.1) is 0 Å². The Hall–Kier alpha value is -3.64. The van der Waals surface area contributed by atoms with E-state index < -0.39 is 0 Å². The molecule has 0 fully saturated rings. The van der Waals surface area contributed by atoms with Crippen LogP contribution in [0.1, 0.15) is 16.2 Å². The number of anilines is 1. The van der Waals surface area contributed by atoms with Crippen molar-refractivity contribution in [1.29, 1.82) is 0 Å². The zero-order valence-electron chi connectivity index (χ0n) is 15.2. The average molecular weight is 406 g/mol. The summed E-state index contributed by atoms with van der Waals surface area (Å²) in [5.41, 5.74) is 1.88. The molecule has 1 amide bonds. The van der Waals surface area contributed by atoms with Crippen LogP contribution in [0.25, 0.3) is 11.5 Å². The van der Waals surface area contributed by atoms with Gasteiger partial charge in [0.1, 0.15) is 5.75 Å². The first-order chi connectivity index (χ1) is 14.2. The molecule has 0 aliphatic heterocycles. The summed E-state index contributed by atoms with van der Waals surface area (Å²) in [6.45, 7) is 0.0379. The van der Waals surface area contributed by atoms with E-state index >= 15 is 0 Å². The van der Waals surface area contributed by atoms with Gasteiger partial charge in [-0.3, -0.25) is 4.79 Å². The van der Waals surface area contributed by atoms with E-state index in [0.29, 0.717) is 33.8 Å². The van der Waals surface area contributed by atoms with Crippen molar-refractivity contribution >= 4 is 23.2 Å². The number of benzene rings is 3. The van der Waals surface area contributed by atoms with Gasteiger partial charge in [-0.1, -0.05) is 41.9 Å². The van der Waals surface area contributed by atoms with Crippen LogP contribution in [-0.4, -0.2) is 16.1 Å². The fourth-order valence-corrected chi connectivity index (χ4v) is 2.79. The van der Waals surface area contributed by atoms with Crippen molar-refractivity contribution in [3.63, 3.8) is 0 Å². The van der Waals surface area contributed by atoms with E-state index in [9.17, 15) is 4.79 Å². The van der Waals surface area contributed by atoms with Crippen LogP contribution in [0.3, 0.4) is 0 Å². The van der Waals surface area contributed by atoms with E-state index in [1.54, 1.807) is 48.5 Å². The minimum atomic E-state index is -0.265. The fraction of sp³-hybridized carbons (Fsp3) is 0.0455. The number of hydrogen-bond acceptors (Lipinski definition) is 5. The van der Waals surface area contributed by atoms with Crippen molar-refractivity contribution in [1.82, 2.24) is 10.2 Å². The Morgan fingerprint density at radius 2 is 1.66 bits per heavy atom. The van der Waals surface area contributed by atoms with Crippen molar-refractivity contribution in [2.75, 3.05) is 5.32 Å². The molecule has 7 heteroatoms. The molecular formula is C22H16ClN3O3. The van der Waals surface area contributed by atoms with Gasteiger partial charge in [0, 0.05) is 16.3 Å². The summed E-state index contributed by atoms with van der Waals surface area (Å²) in [6.07, 6.45) is 0. The maximum Gasteiger partial charge on any atom is 0.259 e. The minimum Gasteiger partial charge on any atom is -0.483 e. The van der Waals surface area contributed by atoms with Crippen LogP contribution in [0.4, 0.5) is 5.69 Å². The lowest BCUT2D eigenvalue weighted by atomic mass is 10.2. The van der Waals surface area contributed by atoms with Crippen molar-refractivity contribution in [2.24, 2.45) is 0 Å². The van der Waals surface area contributed by atoms with Crippen LogP contribution in [0.5, 0.6) is 5.75 Å². The topological polar surface area (TPSA) is 77.2 Å². The first-order valence-electron chi connectivity index (χ1n) is 8.85. The summed E-state index contributed by atoms with van der Waals surface area (Å²) in [7, 11) is 0. The first kappa shape index (κ1) is 18.7. The highest BCUT2D eigenvalue weighted by Crippen LogP contribution is 2.23. The third-order valence-corrected chi connectivity index (χ3v) is 4.32. The molecule has 0 saturated carbocycles. The third-order valence-electron chi connectivity index (χ3n) is 4.07. The number of nitrogens with one attached hydrogen (secondary N) is 1. The van der Waals surface area contributed by atoms with Gasteiger partial charge in [-0.25, -0.2) is 0 Å². The smallest absolute Gasteiger partial charge is 0.259 e. The SMILES string of the molecule is O=C(Nc1ccccc1)c1ccccc1OCc1nnc(-c2ccc(Cl)cc2)o1. The Kier molecular flexibility index (Phi) is 5.54. The van der Waals surface area contributed by atoms with Crippen LogP contribution >= 0.6 is 11.6 Å². The zero-order valence-corrected chi connectivity index (χ0v) is 16.0. The summed E-state index contributed by atoms with van der Waals surface area (Å²) in [5, 5.41) is 11.5. The van der Waals surface area contributed by atoms with Gasteiger partial charge in [0.25, 0.3) is 11.8 Å². The highest BCUT2D eigenvalue weighted by molar-refractivity contribution is 6.30. The molecule has 0 saturated heterocycles. The molecule has 1 N–H and O–H groups in total. The molecule has 0 bridgehead atoms. The number of amides is 1. The molecule has 4 rings (SSSR count). The molecule has 3 aromatic carbocycles. The second-order valence-electron chi connectivity index (χ2n) is 6.11. The molecule has 0 spiro atoms. The quantitative estimate of drug-likeness (QED) is 0.475. The van der Waals surface area contributed by atoms with Gasteiger partial charge in [0.05, 0.1) is 5.56 Å². The highest BCUT2D eigenvalue weighted by atomic mass is 35.5. The fourth-order valence-electron chi connectivity index (χ4n) is 2.66. The number of rotatable bonds is 6. The van der Waals surface area contributed by atoms with Crippen molar-refractivity contribution in [3.8, 4) is 17.2 Å². The first-order valence-corrected chi connectivity index (χ1v) is 9.23. The largest absolute Gasteiger partial charge is 0.483 e. The molecule has 1 aromatic heterocycles. The Morgan fingerprint density at radius 3 is 2.45 bits per heavy atom. The molecule has 0 atom stereocenters. The van der Waals surface area contributed by atoms with Gasteiger partial charge >= 0.3 is 0 Å². The molecule has 4 aromatic rings. The number of halogens is 1. The molecule has 0 aliphatic carbocycles. The molecule has 0 radical (unpaired) electrons. The molecule has 6 nitrogen and oxygen atoms in total. The highest BCUT2D eigenvalue weighted by Gasteiger charge is 2.14. The Bertz CT molecular complexity index is 1110. The Labute approximate surface area is 172 Å². The van der Waals surface area contributed by atoms with E-state index in [4.69, 9.17) is 20.8 Å². The number of hydrogen-bond donors (Lipinski definition) is 1. The second kappa shape index (κ2) is 8.58. The minimum absolute atomic E-state index is 0.0379. The predicted molar refractivity (Wildman–Crippen MR) is 110 cm³/mol. The zero-order chi connectivity index (χ0) is 20.1. The number of nitrogens with zero attached hydrogens (tertiary/aromatic N) is 2. The van der Waals surface area contributed by atoms with Gasteiger partial charge in [-0.15, -0.1) is 10.2 Å². The lowest BCUT2D eigenvalue weighted by molar-refractivity contribution is 0.102. The molecule has 0 aliphatic rings. The van der Waals surface area contributed by atoms with E-state index in [1.807, 2.05) is 30.3 Å². The third kappa shape index (κ3) is 4.62. The molecule has 1 heterocycles. The van der Waals surface area contributed by atoms with Crippen LogP contribution in [0.2, 0.25) is 5.02 Å². The van der Waals surface area contributed by atoms with Gasteiger partial charge in [-0.2, -0.15) is 0 Å². The van der Waals surface area contributed by atoms with Gasteiger partial charge in [0.2, 0.25) is 5.89 Å². The molecular weight excluding hydrogens is 390 g/mol. The summed E-state index contributed by atoms with van der Waals surface area (Å²) < 4.78 is 11.4. The summed E-state index contributed by atoms with van der Waals surface area (Å²) >= 11 is 5.89. The number of carbonyl (C=O) groups is 1. The lowest BCUT2D eigenvalue weighted by Crippen LogP contribution is -2.13. The van der Waals surface area contributed by atoms with Gasteiger partial charge in [-0.05, 0) is 48.5 Å². The monoisotopic (exact) mass is 405 g/mol. The summed E-state index contributed by atoms with van der Waals surface area (Å²) in [5.74, 6) is 0.829. The van der Waals surface area contributed by atoms with Crippen LogP contribution < -0.4 is 10.1 Å². The number of aromatic nitrogens is 2. The van der Waals surface area contributed by atoms with E-state index in [1.165, 1.54) is 0 Å². The van der Waals surface area contributed by atoms with E-state index in [2.05, 4.69) is 15.5 Å². The predicted octanol–water partition coefficient (Wildman–Crippen LogP) is 5.22. The number of para-hydroxylation sites is 2. The maximum atomic E-state index is 12.6. The molecule has 29 heavy (non-hydrogen) atoms. The van der Waals surface area contributed by atoms with Gasteiger partial charge in [0.15, 0.2) is 6.61 Å². The van der Waals surface area contributed by atoms with Crippen molar-refractivity contribution in [2.45, 2.75) is 6.61 Å². The second-order valence-corrected chi connectivity index (χ2v) is 6.55. The van der Waals surface area contributed by atoms with Crippen LogP contribution in [0.15, 0.2) is 83.3 Å². The Balaban J connectivity index is 1.45. The number of ether oxygens (including phenoxy) is 1. The maximum absolute atomic E-state index is 12.6. The standard InChI is InChI=1S/C22H16ClN3O3/c23-16-12-10-15(11-13-16)22-26-25-20(29-22)14-28-19-9-5-4-8-18(19)21(27)24-17-6-2-1-3-7-17/h1-13H,14H2,(H,24,27). The number of carbonyl (C=O) groups excluding carboxylic acids is 1. The van der Waals surface area contributed by atoms with Crippen molar-refractivity contribution in [3.05, 3.63) is 95.3 Å². The lowest BCUT2D eigenvalue weighted by Gasteiger charge is -2.10. The van der Waals surface area contributed by atoms with E-state index in [-0.39, 0.29) is 12.5 Å². The molecule has 144 valence electrons. The summed E-state index contributed by atoms with van der Waals surface area (Å²) in [4.78, 5) is 12.6. The van der Waals surface area contributed by atoms with Gasteiger partial charge < -0.3 is 14.5 Å². The molecule has 0 unspecified atom stereocenters. The average Bonchev–Trinajstić information content (AvgIpc) is 3.23. The van der Waals surface area contributed by atoms with Crippen molar-refractivity contribution < 1.29 is 13.9 Å². The van der Waals surface area contributed by atoms with E-state index in [0.717, 1.165) is 5.56 Å². The van der Waals surface area contributed by atoms with Crippen LogP contribution in [-0.2, 0) is 6.61 Å². The summed E-state index contributed by atoms with van der Waals surface area (Å²) in [6, 6.07) is 23.3. The normalized spacial score (nSPS) is 10.5. The Morgan fingerprint density at radius 1 is 0.931 bits per heavy atom.